The lowest BCUT2D eigenvalue weighted by molar-refractivity contribution is -0.150. The highest BCUT2D eigenvalue weighted by molar-refractivity contribution is 7.92. The summed E-state index contributed by atoms with van der Waals surface area (Å²) in [6.45, 7) is 1.65. The number of amides is 2. The fourth-order valence-corrected chi connectivity index (χ4v) is 7.72. The standard InChI is InChI=1S/C31H34F4N2O8S/c1-30(29(40)41)10-8-19(9-11-30)45-24-14-21(23(44-2)15-22(24)32)27(38)37-26-17-7-6-16(12-17)25(26)28(39)36-18-4-3-5-20(13-18)46(42,43)31(33,34)35/h3-5,13-17,19,25-26H,6-12H2,1-2H3,(H,36,39)(H,37,38)(H,40,41)/t16-,17+,19?,25-,26+,30?/m0/s1. The van der Waals surface area contributed by atoms with Crippen molar-refractivity contribution < 1.29 is 54.9 Å². The molecule has 3 fully saturated rings. The second kappa shape index (κ2) is 12.4. The van der Waals surface area contributed by atoms with Crippen molar-refractivity contribution in [2.75, 3.05) is 12.4 Å². The van der Waals surface area contributed by atoms with Crippen LogP contribution in [-0.2, 0) is 19.4 Å². The minimum Gasteiger partial charge on any atom is -0.496 e. The van der Waals surface area contributed by atoms with E-state index in [0.717, 1.165) is 30.7 Å². The summed E-state index contributed by atoms with van der Waals surface area (Å²) in [6, 6.07) is 5.44. The molecule has 3 N–H and O–H groups in total. The Morgan fingerprint density at radius 3 is 2.30 bits per heavy atom. The third-order valence-corrected chi connectivity index (χ3v) is 11.1. The summed E-state index contributed by atoms with van der Waals surface area (Å²) in [7, 11) is -4.37. The van der Waals surface area contributed by atoms with Gasteiger partial charge in [-0.15, -0.1) is 0 Å². The van der Waals surface area contributed by atoms with Gasteiger partial charge in [-0.2, -0.15) is 13.2 Å². The minimum atomic E-state index is -5.63. The molecule has 0 aromatic heterocycles. The Balaban J connectivity index is 1.32. The summed E-state index contributed by atoms with van der Waals surface area (Å²) in [5, 5.41) is 14.9. The number of benzene rings is 2. The fourth-order valence-electron chi connectivity index (χ4n) is 6.92. The van der Waals surface area contributed by atoms with Crippen molar-refractivity contribution >= 4 is 33.3 Å². The quantitative estimate of drug-likeness (QED) is 0.304. The third kappa shape index (κ3) is 6.38. The number of sulfone groups is 1. The van der Waals surface area contributed by atoms with Crippen molar-refractivity contribution in [3.63, 3.8) is 0 Å². The molecule has 3 saturated carbocycles. The SMILES string of the molecule is COc1cc(F)c(OC2CCC(C)(C(=O)O)CC2)cc1C(=O)N[C@@H]1[C@@H]2CC[C@@H](C2)[C@@H]1C(=O)Nc1cccc(S(=O)(=O)C(F)(F)F)c1. The van der Waals surface area contributed by atoms with Crippen LogP contribution < -0.4 is 20.1 Å². The first-order valence-corrected chi connectivity index (χ1v) is 16.3. The van der Waals surface area contributed by atoms with Crippen LogP contribution in [0.25, 0.3) is 0 Å². The first kappa shape index (κ1) is 33.5. The molecule has 2 amide bonds. The number of alkyl halides is 3. The van der Waals surface area contributed by atoms with E-state index < -0.39 is 67.3 Å². The van der Waals surface area contributed by atoms with Gasteiger partial charge in [-0.25, -0.2) is 12.8 Å². The normalized spacial score (nSPS) is 27.6. The molecule has 5 rings (SSSR count). The van der Waals surface area contributed by atoms with Crippen LogP contribution in [0, 0.1) is 29.0 Å². The molecule has 0 aliphatic heterocycles. The molecular weight excluding hydrogens is 636 g/mol. The average molecular weight is 671 g/mol. The number of carbonyl (C=O) groups excluding carboxylic acids is 2. The largest absolute Gasteiger partial charge is 0.501 e. The lowest BCUT2D eigenvalue weighted by Gasteiger charge is -2.34. The monoisotopic (exact) mass is 670 g/mol. The molecular formula is C31H34F4N2O8S. The first-order valence-electron chi connectivity index (χ1n) is 14.8. The maximum atomic E-state index is 15.0. The van der Waals surface area contributed by atoms with Crippen LogP contribution in [0.5, 0.6) is 11.5 Å². The molecule has 46 heavy (non-hydrogen) atoms. The molecule has 10 nitrogen and oxygen atoms in total. The lowest BCUT2D eigenvalue weighted by Crippen LogP contribution is -2.48. The number of hydrogen-bond donors (Lipinski definition) is 3. The van der Waals surface area contributed by atoms with E-state index in [2.05, 4.69) is 10.6 Å². The van der Waals surface area contributed by atoms with Crippen molar-refractivity contribution in [1.82, 2.24) is 5.32 Å². The topological polar surface area (TPSA) is 148 Å². The van der Waals surface area contributed by atoms with Gasteiger partial charge >= 0.3 is 11.5 Å². The van der Waals surface area contributed by atoms with E-state index in [1.807, 2.05) is 0 Å². The number of halogens is 4. The number of carboxylic acid groups (broad SMARTS) is 1. The minimum absolute atomic E-state index is 0.0444. The van der Waals surface area contributed by atoms with Gasteiger partial charge in [-0.05, 0) is 88.0 Å². The van der Waals surface area contributed by atoms with Gasteiger partial charge in [0, 0.05) is 17.8 Å². The smallest absolute Gasteiger partial charge is 0.496 e. The van der Waals surface area contributed by atoms with Crippen molar-refractivity contribution in [1.29, 1.82) is 0 Å². The van der Waals surface area contributed by atoms with E-state index >= 15 is 4.39 Å². The van der Waals surface area contributed by atoms with Gasteiger partial charge in [0.15, 0.2) is 11.6 Å². The molecule has 3 aliphatic rings. The highest BCUT2D eigenvalue weighted by Gasteiger charge is 2.52. The van der Waals surface area contributed by atoms with Crippen LogP contribution in [0.15, 0.2) is 41.3 Å². The Morgan fingerprint density at radius 2 is 1.67 bits per heavy atom. The third-order valence-electron chi connectivity index (χ3n) is 9.58. The second-order valence-corrected chi connectivity index (χ2v) is 14.4. The molecule has 0 spiro atoms. The summed E-state index contributed by atoms with van der Waals surface area (Å²) in [5.74, 6) is -4.16. The predicted molar refractivity (Wildman–Crippen MR) is 155 cm³/mol. The van der Waals surface area contributed by atoms with Crippen LogP contribution in [0.1, 0.15) is 62.2 Å². The highest BCUT2D eigenvalue weighted by Crippen LogP contribution is 2.49. The number of carboxylic acids is 1. The number of methoxy groups -OCH3 is 1. The van der Waals surface area contributed by atoms with Crippen molar-refractivity contribution in [2.24, 2.45) is 23.2 Å². The summed E-state index contributed by atoms with van der Waals surface area (Å²) >= 11 is 0. The fraction of sp³-hybridized carbons (Fsp3) is 0.516. The molecule has 3 aliphatic carbocycles. The van der Waals surface area contributed by atoms with Gasteiger partial charge in [-0.3, -0.25) is 14.4 Å². The summed E-state index contributed by atoms with van der Waals surface area (Å²) in [5.41, 5.74) is -6.59. The van der Waals surface area contributed by atoms with Crippen molar-refractivity contribution in [3.8, 4) is 11.5 Å². The van der Waals surface area contributed by atoms with Crippen LogP contribution in [0.4, 0.5) is 23.2 Å². The Kier molecular flexibility index (Phi) is 9.01. The highest BCUT2D eigenvalue weighted by atomic mass is 32.2. The maximum absolute atomic E-state index is 15.0. The number of fused-ring (bicyclic) bond motifs is 2. The van der Waals surface area contributed by atoms with Crippen molar-refractivity contribution in [3.05, 3.63) is 47.8 Å². The molecule has 0 unspecified atom stereocenters. The lowest BCUT2D eigenvalue weighted by atomic mass is 9.75. The summed E-state index contributed by atoms with van der Waals surface area (Å²) < 4.78 is 89.1. The Hall–Kier alpha value is -3.88. The van der Waals surface area contributed by atoms with Gasteiger partial charge in [0.25, 0.3) is 15.7 Å². The number of aliphatic carboxylic acids is 1. The zero-order valence-corrected chi connectivity index (χ0v) is 25.8. The molecule has 0 saturated heterocycles. The van der Waals surface area contributed by atoms with Crippen LogP contribution in [0.3, 0.4) is 0 Å². The number of nitrogens with one attached hydrogen (secondary N) is 2. The summed E-state index contributed by atoms with van der Waals surface area (Å²) in [6.07, 6.45) is 3.02. The predicted octanol–water partition coefficient (Wildman–Crippen LogP) is 5.32. The number of carbonyl (C=O) groups is 3. The van der Waals surface area contributed by atoms with Gasteiger partial charge in [0.1, 0.15) is 5.75 Å². The van der Waals surface area contributed by atoms with E-state index in [-0.39, 0.29) is 34.6 Å². The molecule has 2 bridgehead atoms. The summed E-state index contributed by atoms with van der Waals surface area (Å²) in [4.78, 5) is 37.6. The Labute approximate surface area is 262 Å². The van der Waals surface area contributed by atoms with Crippen LogP contribution in [-0.4, -0.2) is 56.1 Å². The van der Waals surface area contributed by atoms with Gasteiger partial charge in [0.05, 0.1) is 35.0 Å². The zero-order chi connectivity index (χ0) is 33.6. The van der Waals surface area contributed by atoms with E-state index in [9.17, 15) is 41.1 Å². The molecule has 0 heterocycles. The molecule has 0 radical (unpaired) electrons. The molecule has 15 heteroatoms. The van der Waals surface area contributed by atoms with Gasteiger partial charge < -0.3 is 25.2 Å². The van der Waals surface area contributed by atoms with Crippen molar-refractivity contribution in [2.45, 2.75) is 74.4 Å². The van der Waals surface area contributed by atoms with E-state index in [0.29, 0.717) is 38.5 Å². The van der Waals surface area contributed by atoms with E-state index in [1.54, 1.807) is 6.92 Å². The number of hydrogen-bond acceptors (Lipinski definition) is 7. The molecule has 2 aromatic carbocycles. The van der Waals surface area contributed by atoms with Gasteiger partial charge in [0.2, 0.25) is 5.91 Å². The number of anilines is 1. The van der Waals surface area contributed by atoms with E-state index in [4.69, 9.17) is 9.47 Å². The maximum Gasteiger partial charge on any atom is 0.501 e. The zero-order valence-electron chi connectivity index (χ0n) is 25.0. The number of rotatable bonds is 9. The average Bonchev–Trinajstić information content (AvgIpc) is 3.60. The Bertz CT molecular complexity index is 1640. The molecule has 250 valence electrons. The van der Waals surface area contributed by atoms with Crippen LogP contribution in [0.2, 0.25) is 0 Å². The Morgan fingerprint density at radius 1 is 1.00 bits per heavy atom. The second-order valence-electron chi connectivity index (χ2n) is 12.5. The van der Waals surface area contributed by atoms with Gasteiger partial charge in [-0.1, -0.05) is 6.07 Å². The van der Waals surface area contributed by atoms with Crippen LogP contribution >= 0.6 is 0 Å². The first-order chi connectivity index (χ1) is 21.5. The molecule has 2 aromatic rings. The van der Waals surface area contributed by atoms with E-state index in [1.165, 1.54) is 19.2 Å². The number of ether oxygens (including phenoxy) is 2. The molecule has 4 atom stereocenters.